The van der Waals surface area contributed by atoms with Gasteiger partial charge in [0.05, 0.1) is 22.8 Å². The average molecular weight is 304 g/mol. The summed E-state index contributed by atoms with van der Waals surface area (Å²) in [5.74, 6) is -2.85. The summed E-state index contributed by atoms with van der Waals surface area (Å²) in [6.07, 6.45) is 0.949. The summed E-state index contributed by atoms with van der Waals surface area (Å²) in [6.45, 7) is 0. The molecular weight excluding hydrogens is 290 g/mol. The second-order valence-corrected chi connectivity index (χ2v) is 7.01. The number of carbonyl (C=O) groups is 1. The highest BCUT2D eigenvalue weighted by atomic mass is 32.2. The molecule has 1 heterocycles. The number of nitrogen functional groups attached to an aromatic ring is 1. The van der Waals surface area contributed by atoms with Crippen molar-refractivity contribution >= 4 is 21.4 Å². The molecule has 1 saturated heterocycles. The van der Waals surface area contributed by atoms with E-state index in [1.165, 1.54) is 0 Å². The van der Waals surface area contributed by atoms with Gasteiger partial charge in [-0.15, -0.1) is 0 Å². The minimum absolute atomic E-state index is 0.0945. The van der Waals surface area contributed by atoms with E-state index in [1.807, 2.05) is 0 Å². The van der Waals surface area contributed by atoms with E-state index < -0.39 is 39.0 Å². The molecular formula is C12H14F2N2O3S. The second-order valence-electron chi connectivity index (χ2n) is 4.78. The summed E-state index contributed by atoms with van der Waals surface area (Å²) in [4.78, 5) is 11.9. The molecule has 0 aliphatic carbocycles. The van der Waals surface area contributed by atoms with Crippen molar-refractivity contribution in [3.63, 3.8) is 0 Å². The van der Waals surface area contributed by atoms with Gasteiger partial charge in [-0.1, -0.05) is 0 Å². The third-order valence-corrected chi connectivity index (χ3v) is 4.95. The largest absolute Gasteiger partial charge is 0.396 e. The first kappa shape index (κ1) is 14.7. The fraction of sp³-hybridized carbons (Fsp3) is 0.417. The van der Waals surface area contributed by atoms with Crippen molar-refractivity contribution < 1.29 is 22.0 Å². The van der Waals surface area contributed by atoms with E-state index in [0.717, 1.165) is 6.07 Å². The Hall–Kier alpha value is -1.70. The Morgan fingerprint density at radius 1 is 1.30 bits per heavy atom. The molecule has 0 bridgehead atoms. The lowest BCUT2D eigenvalue weighted by molar-refractivity contribution is 0.0934. The molecule has 1 atom stereocenters. The quantitative estimate of drug-likeness (QED) is 0.793. The molecule has 1 aromatic carbocycles. The molecule has 1 aliphatic heterocycles. The zero-order chi connectivity index (χ0) is 14.9. The highest BCUT2D eigenvalue weighted by molar-refractivity contribution is 7.91. The molecule has 1 aliphatic rings. The zero-order valence-electron chi connectivity index (χ0n) is 10.5. The van der Waals surface area contributed by atoms with Crippen LogP contribution in [0.3, 0.4) is 0 Å². The van der Waals surface area contributed by atoms with Crippen molar-refractivity contribution in [2.75, 3.05) is 17.2 Å². The summed E-state index contributed by atoms with van der Waals surface area (Å²) < 4.78 is 49.4. The van der Waals surface area contributed by atoms with Crippen molar-refractivity contribution in [1.29, 1.82) is 0 Å². The summed E-state index contributed by atoms with van der Waals surface area (Å²) in [5.41, 5.74) is 4.55. The van der Waals surface area contributed by atoms with Gasteiger partial charge in [-0.3, -0.25) is 4.79 Å². The minimum atomic E-state index is -3.18. The summed E-state index contributed by atoms with van der Waals surface area (Å²) in [5, 5.41) is 2.44. The number of hydrogen-bond acceptors (Lipinski definition) is 4. The molecule has 20 heavy (non-hydrogen) atoms. The van der Waals surface area contributed by atoms with E-state index in [4.69, 9.17) is 5.73 Å². The molecule has 1 amide bonds. The van der Waals surface area contributed by atoms with E-state index in [1.54, 1.807) is 0 Å². The monoisotopic (exact) mass is 304 g/mol. The van der Waals surface area contributed by atoms with E-state index in [9.17, 15) is 22.0 Å². The van der Waals surface area contributed by atoms with Gasteiger partial charge in [0.2, 0.25) is 0 Å². The first-order chi connectivity index (χ1) is 9.28. The molecule has 0 saturated carbocycles. The lowest BCUT2D eigenvalue weighted by atomic mass is 10.1. The number of rotatable bonds is 2. The Morgan fingerprint density at radius 2 is 2.00 bits per heavy atom. The van der Waals surface area contributed by atoms with Crippen LogP contribution >= 0.6 is 0 Å². The predicted octanol–water partition coefficient (Wildman–Crippen LogP) is 0.854. The van der Waals surface area contributed by atoms with Crippen LogP contribution in [0.2, 0.25) is 0 Å². The van der Waals surface area contributed by atoms with Gasteiger partial charge in [-0.2, -0.15) is 0 Å². The van der Waals surface area contributed by atoms with Gasteiger partial charge < -0.3 is 11.1 Å². The topological polar surface area (TPSA) is 89.3 Å². The number of nitrogens with two attached hydrogens (primary N) is 1. The molecule has 2 rings (SSSR count). The number of benzene rings is 1. The molecule has 110 valence electrons. The van der Waals surface area contributed by atoms with Crippen LogP contribution in [0.1, 0.15) is 23.2 Å². The number of hydrogen-bond donors (Lipinski definition) is 2. The van der Waals surface area contributed by atoms with Gasteiger partial charge in [0, 0.05) is 12.1 Å². The Balaban J connectivity index is 2.14. The molecule has 1 unspecified atom stereocenters. The highest BCUT2D eigenvalue weighted by Gasteiger charge is 2.27. The fourth-order valence-corrected chi connectivity index (χ4v) is 3.78. The highest BCUT2D eigenvalue weighted by Crippen LogP contribution is 2.18. The van der Waals surface area contributed by atoms with Crippen molar-refractivity contribution in [2.24, 2.45) is 0 Å². The molecule has 3 N–H and O–H groups in total. The molecule has 0 radical (unpaired) electrons. The van der Waals surface area contributed by atoms with Crippen molar-refractivity contribution in [2.45, 2.75) is 18.9 Å². The third-order valence-electron chi connectivity index (χ3n) is 3.13. The van der Waals surface area contributed by atoms with Crippen LogP contribution in [-0.4, -0.2) is 31.9 Å². The van der Waals surface area contributed by atoms with Crippen molar-refractivity contribution in [3.05, 3.63) is 29.3 Å². The standard InChI is InChI=1S/C12H14F2N2O3S/c13-9-5-10(14)11(15)4-8(9)12(17)16-7-2-1-3-20(18,19)6-7/h4-5,7H,1-3,6,15H2,(H,16,17). The maximum Gasteiger partial charge on any atom is 0.254 e. The van der Waals surface area contributed by atoms with Crippen LogP contribution in [0.15, 0.2) is 12.1 Å². The Kier molecular flexibility index (Phi) is 3.94. The fourth-order valence-electron chi connectivity index (χ4n) is 2.14. The lowest BCUT2D eigenvalue weighted by Gasteiger charge is -2.23. The average Bonchev–Trinajstić information content (AvgIpc) is 2.32. The number of anilines is 1. The van der Waals surface area contributed by atoms with E-state index in [0.29, 0.717) is 18.9 Å². The summed E-state index contributed by atoms with van der Waals surface area (Å²) in [6, 6.07) is 0.867. The number of halogens is 2. The third kappa shape index (κ3) is 3.24. The molecule has 5 nitrogen and oxygen atoms in total. The second kappa shape index (κ2) is 5.35. The van der Waals surface area contributed by atoms with Crippen LogP contribution < -0.4 is 11.1 Å². The van der Waals surface area contributed by atoms with Crippen LogP contribution in [0, 0.1) is 11.6 Å². The molecule has 8 heteroatoms. The predicted molar refractivity (Wildman–Crippen MR) is 69.9 cm³/mol. The van der Waals surface area contributed by atoms with E-state index in [2.05, 4.69) is 5.32 Å². The van der Waals surface area contributed by atoms with Gasteiger partial charge in [0.25, 0.3) is 5.91 Å². The Bertz CT molecular complexity index is 646. The van der Waals surface area contributed by atoms with E-state index in [-0.39, 0.29) is 17.2 Å². The first-order valence-corrected chi connectivity index (χ1v) is 7.86. The van der Waals surface area contributed by atoms with Gasteiger partial charge in [-0.05, 0) is 18.9 Å². The van der Waals surface area contributed by atoms with Crippen LogP contribution in [0.5, 0.6) is 0 Å². The first-order valence-electron chi connectivity index (χ1n) is 6.04. The number of nitrogens with one attached hydrogen (secondary N) is 1. The molecule has 0 spiro atoms. The number of sulfone groups is 1. The molecule has 0 aromatic heterocycles. The van der Waals surface area contributed by atoms with Gasteiger partial charge >= 0.3 is 0 Å². The molecule has 1 fully saturated rings. The minimum Gasteiger partial charge on any atom is -0.396 e. The summed E-state index contributed by atoms with van der Waals surface area (Å²) in [7, 11) is -3.18. The van der Waals surface area contributed by atoms with E-state index >= 15 is 0 Å². The Labute approximate surface area is 115 Å². The maximum absolute atomic E-state index is 13.5. The van der Waals surface area contributed by atoms with Gasteiger partial charge in [-0.25, -0.2) is 17.2 Å². The van der Waals surface area contributed by atoms with Gasteiger partial charge in [0.15, 0.2) is 9.84 Å². The van der Waals surface area contributed by atoms with Gasteiger partial charge in [0.1, 0.15) is 11.6 Å². The van der Waals surface area contributed by atoms with Crippen LogP contribution in [0.4, 0.5) is 14.5 Å². The molecule has 1 aromatic rings. The normalized spacial score (nSPS) is 21.4. The maximum atomic E-state index is 13.5. The van der Waals surface area contributed by atoms with Crippen molar-refractivity contribution in [3.8, 4) is 0 Å². The zero-order valence-corrected chi connectivity index (χ0v) is 11.3. The lowest BCUT2D eigenvalue weighted by Crippen LogP contribution is -2.43. The Morgan fingerprint density at radius 3 is 2.65 bits per heavy atom. The van der Waals surface area contributed by atoms with Crippen molar-refractivity contribution in [1.82, 2.24) is 5.32 Å². The SMILES string of the molecule is Nc1cc(C(=O)NC2CCCS(=O)(=O)C2)c(F)cc1F. The smallest absolute Gasteiger partial charge is 0.254 e. The summed E-state index contributed by atoms with van der Waals surface area (Å²) >= 11 is 0. The number of carbonyl (C=O) groups excluding carboxylic acids is 1. The van der Waals surface area contributed by atoms with Crippen LogP contribution in [0.25, 0.3) is 0 Å². The van der Waals surface area contributed by atoms with Crippen LogP contribution in [-0.2, 0) is 9.84 Å². The number of amides is 1.